The predicted molar refractivity (Wildman–Crippen MR) is 69.8 cm³/mol. The fourth-order valence-corrected chi connectivity index (χ4v) is 2.11. The minimum Gasteiger partial charge on any atom is -0.478 e. The summed E-state index contributed by atoms with van der Waals surface area (Å²) < 4.78 is 0. The van der Waals surface area contributed by atoms with Crippen molar-refractivity contribution in [3.05, 3.63) is 29.5 Å². The number of likely N-dealkylation sites (tertiary alicyclic amines) is 1. The van der Waals surface area contributed by atoms with Gasteiger partial charge in [-0.2, -0.15) is 0 Å². The van der Waals surface area contributed by atoms with E-state index in [1.807, 2.05) is 6.07 Å². The molecule has 2 heterocycles. The van der Waals surface area contributed by atoms with Crippen LogP contribution in [0.25, 0.3) is 6.08 Å². The van der Waals surface area contributed by atoms with Crippen molar-refractivity contribution in [1.29, 1.82) is 0 Å². The Morgan fingerprint density at radius 1 is 1.50 bits per heavy atom. The van der Waals surface area contributed by atoms with Crippen molar-refractivity contribution in [2.24, 2.45) is 0 Å². The molecule has 0 aromatic carbocycles. The Morgan fingerprint density at radius 3 is 2.89 bits per heavy atom. The number of anilines is 1. The number of nitrogens with two attached hydrogens (primary N) is 1. The van der Waals surface area contributed by atoms with Crippen LogP contribution < -0.4 is 5.73 Å². The first-order valence-corrected chi connectivity index (χ1v) is 6.03. The number of hydrogen-bond acceptors (Lipinski definition) is 4. The molecule has 0 spiro atoms. The van der Waals surface area contributed by atoms with Crippen molar-refractivity contribution in [3.63, 3.8) is 0 Å². The maximum Gasteiger partial charge on any atom is 0.328 e. The lowest BCUT2D eigenvalue weighted by molar-refractivity contribution is -0.131. The van der Waals surface area contributed by atoms with E-state index in [-0.39, 0.29) is 0 Å². The van der Waals surface area contributed by atoms with Crippen molar-refractivity contribution < 1.29 is 9.90 Å². The van der Waals surface area contributed by atoms with Gasteiger partial charge in [-0.15, -0.1) is 0 Å². The molecule has 0 bridgehead atoms. The number of hydrogen-bond donors (Lipinski definition) is 2. The molecule has 0 unspecified atom stereocenters. The molecular weight excluding hydrogens is 230 g/mol. The van der Waals surface area contributed by atoms with Gasteiger partial charge in [0.15, 0.2) is 0 Å². The third-order valence-electron chi connectivity index (χ3n) is 3.03. The van der Waals surface area contributed by atoms with Crippen molar-refractivity contribution in [2.75, 3.05) is 18.8 Å². The lowest BCUT2D eigenvalue weighted by Gasteiger charge is -2.15. The molecule has 1 aliphatic rings. The highest BCUT2D eigenvalue weighted by Crippen LogP contribution is 2.17. The number of carboxylic acids is 1. The van der Waals surface area contributed by atoms with Crippen molar-refractivity contribution >= 4 is 17.9 Å². The summed E-state index contributed by atoms with van der Waals surface area (Å²) in [5.41, 5.74) is 7.57. The molecule has 5 heteroatoms. The number of carbonyl (C=O) groups is 1. The van der Waals surface area contributed by atoms with Crippen LogP contribution >= 0.6 is 0 Å². The Balaban J connectivity index is 2.12. The van der Waals surface area contributed by atoms with Gasteiger partial charge in [-0.05, 0) is 43.6 Å². The van der Waals surface area contributed by atoms with Gasteiger partial charge in [0.25, 0.3) is 0 Å². The molecule has 96 valence electrons. The maximum atomic E-state index is 10.5. The van der Waals surface area contributed by atoms with Crippen molar-refractivity contribution in [3.8, 4) is 0 Å². The molecule has 1 aromatic rings. The van der Waals surface area contributed by atoms with Crippen LogP contribution in [0, 0.1) is 0 Å². The minimum absolute atomic E-state index is 0.523. The Morgan fingerprint density at radius 2 is 2.22 bits per heavy atom. The highest BCUT2D eigenvalue weighted by atomic mass is 16.4. The number of rotatable bonds is 4. The van der Waals surface area contributed by atoms with Gasteiger partial charge in [0.05, 0.1) is 0 Å². The van der Waals surface area contributed by atoms with Crippen LogP contribution in [0.4, 0.5) is 5.82 Å². The largest absolute Gasteiger partial charge is 0.478 e. The Hall–Kier alpha value is -1.88. The molecule has 0 atom stereocenters. The summed E-state index contributed by atoms with van der Waals surface area (Å²) in [6, 6.07) is 1.90. The summed E-state index contributed by atoms with van der Waals surface area (Å²) in [6.45, 7) is 2.97. The number of carboxylic acid groups (broad SMARTS) is 1. The molecule has 1 aromatic heterocycles. The quantitative estimate of drug-likeness (QED) is 0.785. The number of aliphatic carboxylic acids is 1. The summed E-state index contributed by atoms with van der Waals surface area (Å²) >= 11 is 0. The second-order valence-corrected chi connectivity index (χ2v) is 4.47. The molecule has 2 rings (SSSR count). The van der Waals surface area contributed by atoms with Crippen LogP contribution in [-0.2, 0) is 11.3 Å². The number of nitrogen functional groups attached to an aromatic ring is 1. The van der Waals surface area contributed by atoms with Gasteiger partial charge in [-0.3, -0.25) is 4.90 Å². The number of pyridine rings is 1. The third kappa shape index (κ3) is 3.30. The normalized spacial score (nSPS) is 16.4. The zero-order chi connectivity index (χ0) is 13.0. The van der Waals surface area contributed by atoms with Gasteiger partial charge in [-0.25, -0.2) is 9.78 Å². The van der Waals surface area contributed by atoms with E-state index in [9.17, 15) is 4.79 Å². The molecule has 3 N–H and O–H groups in total. The molecule has 0 saturated carbocycles. The minimum atomic E-state index is -0.965. The molecule has 0 radical (unpaired) electrons. The van der Waals surface area contributed by atoms with Gasteiger partial charge in [0, 0.05) is 24.4 Å². The predicted octanol–water partition coefficient (Wildman–Crippen LogP) is 1.36. The zero-order valence-electron chi connectivity index (χ0n) is 10.2. The van der Waals surface area contributed by atoms with Gasteiger partial charge in [-0.1, -0.05) is 0 Å². The van der Waals surface area contributed by atoms with E-state index in [2.05, 4.69) is 9.88 Å². The Labute approximate surface area is 106 Å². The maximum absolute atomic E-state index is 10.5. The van der Waals surface area contributed by atoms with Crippen molar-refractivity contribution in [2.45, 2.75) is 19.4 Å². The van der Waals surface area contributed by atoms with Crippen LogP contribution in [-0.4, -0.2) is 34.0 Å². The number of aromatic nitrogens is 1. The molecule has 18 heavy (non-hydrogen) atoms. The zero-order valence-corrected chi connectivity index (χ0v) is 10.2. The monoisotopic (exact) mass is 247 g/mol. The topological polar surface area (TPSA) is 79.4 Å². The first-order chi connectivity index (χ1) is 8.65. The smallest absolute Gasteiger partial charge is 0.328 e. The van der Waals surface area contributed by atoms with Crippen LogP contribution in [0.2, 0.25) is 0 Å². The molecule has 5 nitrogen and oxygen atoms in total. The van der Waals surface area contributed by atoms with E-state index < -0.39 is 5.97 Å². The van der Waals surface area contributed by atoms with Crippen LogP contribution in [0.5, 0.6) is 0 Å². The summed E-state index contributed by atoms with van der Waals surface area (Å²) in [7, 11) is 0. The first kappa shape index (κ1) is 12.6. The average Bonchev–Trinajstić information content (AvgIpc) is 2.83. The van der Waals surface area contributed by atoms with E-state index >= 15 is 0 Å². The highest BCUT2D eigenvalue weighted by molar-refractivity contribution is 5.85. The summed E-state index contributed by atoms with van der Waals surface area (Å²) in [6.07, 6.45) is 6.68. The molecule has 0 aliphatic carbocycles. The highest BCUT2D eigenvalue weighted by Gasteiger charge is 2.13. The SMILES string of the molecule is Nc1ncc(C=CC(=O)O)cc1CN1CCCC1. The van der Waals surface area contributed by atoms with Crippen molar-refractivity contribution in [1.82, 2.24) is 9.88 Å². The second-order valence-electron chi connectivity index (χ2n) is 4.47. The molecule has 1 aliphatic heterocycles. The Bertz CT molecular complexity index is 465. The molecule has 1 fully saturated rings. The summed E-state index contributed by atoms with van der Waals surface area (Å²) in [5, 5.41) is 8.59. The summed E-state index contributed by atoms with van der Waals surface area (Å²) in [4.78, 5) is 16.9. The molecule has 1 saturated heterocycles. The van der Waals surface area contributed by atoms with Gasteiger partial charge in [0.1, 0.15) is 5.82 Å². The second kappa shape index (κ2) is 5.64. The van der Waals surface area contributed by atoms with Gasteiger partial charge in [0.2, 0.25) is 0 Å². The standard InChI is InChI=1S/C13H17N3O2/c14-13-11(9-16-5-1-2-6-16)7-10(8-15-13)3-4-12(17)18/h3-4,7-8H,1-2,5-6,9H2,(H2,14,15)(H,17,18). The van der Waals surface area contributed by atoms with Crippen LogP contribution in [0.3, 0.4) is 0 Å². The van der Waals surface area contributed by atoms with E-state index in [0.29, 0.717) is 5.82 Å². The van der Waals surface area contributed by atoms with Crippen LogP contribution in [0.1, 0.15) is 24.0 Å². The first-order valence-electron chi connectivity index (χ1n) is 6.03. The van der Waals surface area contributed by atoms with E-state index in [1.54, 1.807) is 6.20 Å². The fourth-order valence-electron chi connectivity index (χ4n) is 2.11. The van der Waals surface area contributed by atoms with Gasteiger partial charge >= 0.3 is 5.97 Å². The van der Waals surface area contributed by atoms with Gasteiger partial charge < -0.3 is 10.8 Å². The summed E-state index contributed by atoms with van der Waals surface area (Å²) in [5.74, 6) is -0.442. The average molecular weight is 247 g/mol. The van der Waals surface area contributed by atoms with E-state index in [0.717, 1.165) is 36.8 Å². The Kier molecular flexibility index (Phi) is 3.94. The molecule has 0 amide bonds. The van der Waals surface area contributed by atoms with E-state index in [1.165, 1.54) is 18.9 Å². The lowest BCUT2D eigenvalue weighted by atomic mass is 10.1. The third-order valence-corrected chi connectivity index (χ3v) is 3.03. The fraction of sp³-hybridized carbons (Fsp3) is 0.385. The van der Waals surface area contributed by atoms with Crippen LogP contribution in [0.15, 0.2) is 18.3 Å². The molecular formula is C13H17N3O2. The lowest BCUT2D eigenvalue weighted by Crippen LogP contribution is -2.19. The number of nitrogens with zero attached hydrogens (tertiary/aromatic N) is 2. The van der Waals surface area contributed by atoms with E-state index in [4.69, 9.17) is 10.8 Å².